The first kappa shape index (κ1) is 11.0. The van der Waals surface area contributed by atoms with Crippen molar-refractivity contribution in [2.24, 2.45) is 5.92 Å². The summed E-state index contributed by atoms with van der Waals surface area (Å²) < 4.78 is 7.35. The van der Waals surface area contributed by atoms with Gasteiger partial charge in [0.25, 0.3) is 0 Å². The van der Waals surface area contributed by atoms with Gasteiger partial charge in [0.15, 0.2) is 5.65 Å². The second-order valence-electron chi connectivity index (χ2n) is 4.45. The van der Waals surface area contributed by atoms with Gasteiger partial charge in [-0.25, -0.2) is 0 Å². The molecule has 0 spiro atoms. The molecule has 0 saturated carbocycles. The molecule has 0 atom stereocenters. The average molecular weight is 252 g/mol. The molecule has 17 heavy (non-hydrogen) atoms. The lowest BCUT2D eigenvalue weighted by molar-refractivity contribution is 0.0659. The van der Waals surface area contributed by atoms with Crippen molar-refractivity contribution < 1.29 is 4.74 Å². The number of fused-ring (bicyclic) bond motifs is 1. The lowest BCUT2D eigenvalue weighted by Crippen LogP contribution is -2.18. The van der Waals surface area contributed by atoms with Crippen molar-refractivity contribution in [3.63, 3.8) is 0 Å². The highest BCUT2D eigenvalue weighted by Crippen LogP contribution is 2.20. The van der Waals surface area contributed by atoms with Crippen molar-refractivity contribution >= 4 is 17.2 Å². The van der Waals surface area contributed by atoms with Crippen LogP contribution in [0.4, 0.5) is 0 Å². The summed E-state index contributed by atoms with van der Waals surface area (Å²) in [6.45, 7) is 1.73. The van der Waals surface area contributed by atoms with E-state index < -0.39 is 0 Å². The van der Waals surface area contributed by atoms with Crippen molar-refractivity contribution in [2.75, 3.05) is 13.2 Å². The predicted molar refractivity (Wildman–Crippen MR) is 65.2 cm³/mol. The zero-order valence-corrected chi connectivity index (χ0v) is 10.2. The molecular weight excluding hydrogens is 238 g/mol. The van der Waals surface area contributed by atoms with E-state index in [0.29, 0.717) is 10.9 Å². The Bertz CT molecular complexity index is 519. The number of halogens is 1. The zero-order valence-electron chi connectivity index (χ0n) is 9.47. The molecule has 90 valence electrons. The fourth-order valence-electron chi connectivity index (χ4n) is 2.26. The maximum Gasteiger partial charge on any atom is 0.160 e. The Morgan fingerprint density at radius 2 is 2.12 bits per heavy atom. The summed E-state index contributed by atoms with van der Waals surface area (Å²) in [5, 5.41) is 9.11. The molecule has 2 aromatic rings. The molecule has 2 aromatic heterocycles. The van der Waals surface area contributed by atoms with Gasteiger partial charge in [-0.05, 0) is 30.9 Å². The van der Waals surface area contributed by atoms with E-state index in [1.54, 1.807) is 0 Å². The van der Waals surface area contributed by atoms with Crippen LogP contribution in [0.3, 0.4) is 0 Å². The molecule has 0 amide bonds. The summed E-state index contributed by atoms with van der Waals surface area (Å²) in [7, 11) is 0. The Hall–Kier alpha value is -1.13. The number of hydrogen-bond donors (Lipinski definition) is 0. The Morgan fingerprint density at radius 1 is 1.29 bits per heavy atom. The first-order valence-electron chi connectivity index (χ1n) is 5.90. The van der Waals surface area contributed by atoms with Crippen LogP contribution in [0, 0.1) is 5.92 Å². The fourth-order valence-corrected chi connectivity index (χ4v) is 2.42. The van der Waals surface area contributed by atoms with Crippen molar-refractivity contribution in [1.29, 1.82) is 0 Å². The third-order valence-electron chi connectivity index (χ3n) is 3.25. The minimum Gasteiger partial charge on any atom is -0.381 e. The normalized spacial score (nSPS) is 17.7. The van der Waals surface area contributed by atoms with Gasteiger partial charge in [0.1, 0.15) is 5.82 Å². The SMILES string of the molecule is Clc1ccc2nnc(CC3CCOCC3)n2c1. The molecule has 0 bridgehead atoms. The minimum absolute atomic E-state index is 0.648. The molecule has 1 aliphatic rings. The number of aromatic nitrogens is 3. The van der Waals surface area contributed by atoms with Crippen LogP contribution in [0.15, 0.2) is 18.3 Å². The highest BCUT2D eigenvalue weighted by atomic mass is 35.5. The Labute approximate surface area is 105 Å². The van der Waals surface area contributed by atoms with Crippen LogP contribution < -0.4 is 0 Å². The van der Waals surface area contributed by atoms with Gasteiger partial charge < -0.3 is 4.74 Å². The van der Waals surface area contributed by atoms with Gasteiger partial charge in [-0.15, -0.1) is 10.2 Å². The standard InChI is InChI=1S/C12H14ClN3O/c13-10-1-2-11-14-15-12(16(11)8-10)7-9-3-5-17-6-4-9/h1-2,8-9H,3-7H2. The van der Waals surface area contributed by atoms with Crippen LogP contribution in [0.5, 0.6) is 0 Å². The molecular formula is C12H14ClN3O. The summed E-state index contributed by atoms with van der Waals surface area (Å²) in [5.41, 5.74) is 0.858. The molecule has 0 aliphatic carbocycles. The van der Waals surface area contributed by atoms with Gasteiger partial charge in [0, 0.05) is 25.8 Å². The van der Waals surface area contributed by atoms with E-state index in [0.717, 1.165) is 43.9 Å². The number of rotatable bonds is 2. The summed E-state index contributed by atoms with van der Waals surface area (Å²) >= 11 is 5.99. The zero-order chi connectivity index (χ0) is 11.7. The summed E-state index contributed by atoms with van der Waals surface area (Å²) in [6.07, 6.45) is 5.04. The van der Waals surface area contributed by atoms with Crippen LogP contribution in [0.2, 0.25) is 5.02 Å². The van der Waals surface area contributed by atoms with Crippen molar-refractivity contribution in [3.05, 3.63) is 29.2 Å². The highest BCUT2D eigenvalue weighted by molar-refractivity contribution is 6.30. The lowest BCUT2D eigenvalue weighted by atomic mass is 9.96. The molecule has 5 heteroatoms. The van der Waals surface area contributed by atoms with Crippen molar-refractivity contribution in [2.45, 2.75) is 19.3 Å². The van der Waals surface area contributed by atoms with E-state index in [1.807, 2.05) is 22.7 Å². The molecule has 0 unspecified atom stereocenters. The van der Waals surface area contributed by atoms with Crippen LogP contribution >= 0.6 is 11.6 Å². The Balaban J connectivity index is 1.86. The summed E-state index contributed by atoms with van der Waals surface area (Å²) in [5.74, 6) is 1.64. The molecule has 1 fully saturated rings. The van der Waals surface area contributed by atoms with E-state index >= 15 is 0 Å². The lowest BCUT2D eigenvalue weighted by Gasteiger charge is -2.20. The van der Waals surface area contributed by atoms with Gasteiger partial charge in [0.05, 0.1) is 5.02 Å². The second-order valence-corrected chi connectivity index (χ2v) is 4.89. The van der Waals surface area contributed by atoms with E-state index in [9.17, 15) is 0 Å². The predicted octanol–water partition coefficient (Wildman–Crippen LogP) is 2.35. The molecule has 0 aromatic carbocycles. The van der Waals surface area contributed by atoms with Crippen LogP contribution in [-0.4, -0.2) is 27.8 Å². The van der Waals surface area contributed by atoms with Crippen molar-refractivity contribution in [3.8, 4) is 0 Å². The summed E-state index contributed by atoms with van der Waals surface area (Å²) in [4.78, 5) is 0. The van der Waals surface area contributed by atoms with Crippen LogP contribution in [0.25, 0.3) is 5.65 Å². The molecule has 1 aliphatic heterocycles. The van der Waals surface area contributed by atoms with Crippen LogP contribution in [-0.2, 0) is 11.2 Å². The van der Waals surface area contributed by atoms with E-state index in [2.05, 4.69) is 10.2 Å². The second kappa shape index (κ2) is 4.63. The fraction of sp³-hybridized carbons (Fsp3) is 0.500. The number of ether oxygens (including phenoxy) is 1. The van der Waals surface area contributed by atoms with E-state index in [1.165, 1.54) is 0 Å². The molecule has 1 saturated heterocycles. The Morgan fingerprint density at radius 3 is 2.94 bits per heavy atom. The first-order valence-corrected chi connectivity index (χ1v) is 6.27. The first-order chi connectivity index (χ1) is 8.33. The minimum atomic E-state index is 0.648. The molecule has 3 heterocycles. The number of pyridine rings is 1. The third-order valence-corrected chi connectivity index (χ3v) is 3.47. The molecule has 3 rings (SSSR count). The monoisotopic (exact) mass is 251 g/mol. The topological polar surface area (TPSA) is 39.4 Å². The molecule has 4 nitrogen and oxygen atoms in total. The quantitative estimate of drug-likeness (QED) is 0.823. The maximum absolute atomic E-state index is 5.99. The Kier molecular flexibility index (Phi) is 2.99. The van der Waals surface area contributed by atoms with Gasteiger partial charge in [-0.1, -0.05) is 11.6 Å². The van der Waals surface area contributed by atoms with Gasteiger partial charge >= 0.3 is 0 Å². The molecule has 0 radical (unpaired) electrons. The van der Waals surface area contributed by atoms with E-state index in [-0.39, 0.29) is 0 Å². The largest absolute Gasteiger partial charge is 0.381 e. The van der Waals surface area contributed by atoms with E-state index in [4.69, 9.17) is 16.3 Å². The van der Waals surface area contributed by atoms with Gasteiger partial charge in [-0.3, -0.25) is 4.40 Å². The average Bonchev–Trinajstić information content (AvgIpc) is 2.73. The highest BCUT2D eigenvalue weighted by Gasteiger charge is 2.17. The smallest absolute Gasteiger partial charge is 0.160 e. The summed E-state index contributed by atoms with van der Waals surface area (Å²) in [6, 6.07) is 3.73. The number of nitrogens with zero attached hydrogens (tertiary/aromatic N) is 3. The maximum atomic E-state index is 5.99. The van der Waals surface area contributed by atoms with Gasteiger partial charge in [-0.2, -0.15) is 0 Å². The van der Waals surface area contributed by atoms with Crippen LogP contribution in [0.1, 0.15) is 18.7 Å². The van der Waals surface area contributed by atoms with Gasteiger partial charge in [0.2, 0.25) is 0 Å². The van der Waals surface area contributed by atoms with Crippen molar-refractivity contribution in [1.82, 2.24) is 14.6 Å². The third kappa shape index (κ3) is 2.28. The number of hydrogen-bond acceptors (Lipinski definition) is 3. The molecule has 0 N–H and O–H groups in total.